The van der Waals surface area contributed by atoms with Crippen LogP contribution in [0.5, 0.6) is 0 Å². The van der Waals surface area contributed by atoms with Crippen LogP contribution < -0.4 is 0 Å². The van der Waals surface area contributed by atoms with E-state index in [1.165, 1.54) is 4.88 Å². The van der Waals surface area contributed by atoms with Crippen LogP contribution in [0.3, 0.4) is 0 Å². The van der Waals surface area contributed by atoms with Crippen LogP contribution >= 0.6 is 11.3 Å². The van der Waals surface area contributed by atoms with Gasteiger partial charge in [0.05, 0.1) is 0 Å². The predicted molar refractivity (Wildman–Crippen MR) is 40.1 cm³/mol. The molecule has 0 fully saturated rings. The maximum atomic E-state index is 3.77. The van der Waals surface area contributed by atoms with Gasteiger partial charge in [-0.2, -0.15) is 0 Å². The molecule has 4 nitrogen and oxygen atoms in total. The van der Waals surface area contributed by atoms with Crippen LogP contribution in [0, 0.1) is 5.38 Å². The van der Waals surface area contributed by atoms with Gasteiger partial charge in [-0.05, 0) is 22.6 Å². The molecule has 11 heavy (non-hydrogen) atoms. The van der Waals surface area contributed by atoms with Gasteiger partial charge in [0.2, 0.25) is 0 Å². The van der Waals surface area contributed by atoms with Crippen LogP contribution in [0.2, 0.25) is 0 Å². The fourth-order valence-electron chi connectivity index (χ4n) is 0.784. The molecule has 55 valence electrons. The third-order valence-corrected chi connectivity index (χ3v) is 2.05. The molecule has 0 atom stereocenters. The first-order chi connectivity index (χ1) is 5.45. The Labute approximate surface area is 67.3 Å². The summed E-state index contributed by atoms with van der Waals surface area (Å²) >= 11 is 1.58. The standard InChI is InChI=1S/C6H5N4S/c1-2-5(11-3-1)4-6-7-9-10-8-6/h1-2H,4H2,(H,7,8,9,10). The number of aromatic amines is 1. The molecule has 1 N–H and O–H groups in total. The van der Waals surface area contributed by atoms with E-state index in [4.69, 9.17) is 0 Å². The second kappa shape index (κ2) is 2.79. The second-order valence-electron chi connectivity index (χ2n) is 2.04. The molecular formula is C6H5N4S. The largest absolute Gasteiger partial charge is 0.243 e. The summed E-state index contributed by atoms with van der Waals surface area (Å²) in [6, 6.07) is 3.90. The summed E-state index contributed by atoms with van der Waals surface area (Å²) in [4.78, 5) is 1.21. The van der Waals surface area contributed by atoms with Gasteiger partial charge in [0.25, 0.3) is 0 Å². The molecule has 2 aromatic rings. The minimum atomic E-state index is 0.765. The Morgan fingerprint density at radius 3 is 3.27 bits per heavy atom. The lowest BCUT2D eigenvalue weighted by atomic mass is 10.3. The third kappa shape index (κ3) is 1.43. The highest BCUT2D eigenvalue weighted by atomic mass is 32.1. The Bertz CT molecular complexity index is 267. The fraction of sp³-hybridized carbons (Fsp3) is 0.167. The summed E-state index contributed by atoms with van der Waals surface area (Å²) in [6.07, 6.45) is 0.765. The molecule has 0 aromatic carbocycles. The lowest BCUT2D eigenvalue weighted by molar-refractivity contribution is 0.881. The second-order valence-corrected chi connectivity index (χ2v) is 3.01. The van der Waals surface area contributed by atoms with Crippen molar-refractivity contribution in [2.45, 2.75) is 6.42 Å². The minimum absolute atomic E-state index is 0.765. The van der Waals surface area contributed by atoms with Gasteiger partial charge in [0.1, 0.15) is 0 Å². The monoisotopic (exact) mass is 165 g/mol. The van der Waals surface area contributed by atoms with E-state index in [2.05, 4.69) is 26.0 Å². The van der Waals surface area contributed by atoms with E-state index in [1.807, 2.05) is 12.1 Å². The summed E-state index contributed by atoms with van der Waals surface area (Å²) in [7, 11) is 0. The highest BCUT2D eigenvalue weighted by molar-refractivity contribution is 7.09. The molecule has 0 saturated carbocycles. The number of nitrogens with zero attached hydrogens (tertiary/aromatic N) is 3. The molecule has 0 aliphatic carbocycles. The molecule has 2 aromatic heterocycles. The van der Waals surface area contributed by atoms with Gasteiger partial charge in [0, 0.05) is 16.7 Å². The number of hydrogen-bond donors (Lipinski definition) is 1. The van der Waals surface area contributed by atoms with Crippen molar-refractivity contribution in [3.8, 4) is 0 Å². The van der Waals surface area contributed by atoms with Crippen molar-refractivity contribution in [2.24, 2.45) is 0 Å². The van der Waals surface area contributed by atoms with Gasteiger partial charge < -0.3 is 0 Å². The first-order valence-corrected chi connectivity index (χ1v) is 3.94. The molecule has 0 amide bonds. The SMILES string of the molecule is [c]1ccc(Cc2nnn[nH]2)s1. The highest BCUT2D eigenvalue weighted by Gasteiger charge is 1.99. The van der Waals surface area contributed by atoms with Crippen LogP contribution in [-0.2, 0) is 6.42 Å². The van der Waals surface area contributed by atoms with Crippen LogP contribution in [0.1, 0.15) is 10.7 Å². The fourth-order valence-corrected chi connectivity index (χ4v) is 1.42. The number of thiophene rings is 1. The van der Waals surface area contributed by atoms with Crippen molar-refractivity contribution >= 4 is 11.3 Å². The van der Waals surface area contributed by atoms with Crippen molar-refractivity contribution in [2.75, 3.05) is 0 Å². The highest BCUT2D eigenvalue weighted by Crippen LogP contribution is 2.10. The quantitative estimate of drug-likeness (QED) is 0.711. The molecule has 2 rings (SSSR count). The minimum Gasteiger partial charge on any atom is -0.243 e. The van der Waals surface area contributed by atoms with E-state index in [-0.39, 0.29) is 0 Å². The maximum absolute atomic E-state index is 3.77. The van der Waals surface area contributed by atoms with Gasteiger partial charge in [-0.25, -0.2) is 5.10 Å². The van der Waals surface area contributed by atoms with Crippen LogP contribution in [-0.4, -0.2) is 20.6 Å². The molecule has 0 saturated heterocycles. The average Bonchev–Trinajstić information content (AvgIpc) is 2.60. The zero-order valence-electron chi connectivity index (χ0n) is 5.61. The molecule has 0 unspecified atom stereocenters. The summed E-state index contributed by atoms with van der Waals surface area (Å²) < 4.78 is 0. The molecule has 0 aliphatic heterocycles. The summed E-state index contributed by atoms with van der Waals surface area (Å²) in [5.41, 5.74) is 0. The van der Waals surface area contributed by atoms with Crippen molar-refractivity contribution in [1.29, 1.82) is 0 Å². The maximum Gasteiger partial charge on any atom is 0.153 e. The topological polar surface area (TPSA) is 54.5 Å². The smallest absolute Gasteiger partial charge is 0.153 e. The molecular weight excluding hydrogens is 160 g/mol. The Morgan fingerprint density at radius 2 is 2.64 bits per heavy atom. The number of tetrazole rings is 1. The van der Waals surface area contributed by atoms with Crippen molar-refractivity contribution in [1.82, 2.24) is 20.6 Å². The molecule has 0 bridgehead atoms. The van der Waals surface area contributed by atoms with E-state index >= 15 is 0 Å². The van der Waals surface area contributed by atoms with E-state index in [0.29, 0.717) is 0 Å². The first kappa shape index (κ1) is 6.48. The zero-order valence-corrected chi connectivity index (χ0v) is 6.43. The molecule has 1 radical (unpaired) electrons. The lowest BCUT2D eigenvalue weighted by Gasteiger charge is -1.87. The van der Waals surface area contributed by atoms with E-state index < -0.39 is 0 Å². The van der Waals surface area contributed by atoms with Crippen LogP contribution in [0.25, 0.3) is 0 Å². The van der Waals surface area contributed by atoms with Gasteiger partial charge in [-0.1, -0.05) is 0 Å². The van der Waals surface area contributed by atoms with Crippen molar-refractivity contribution < 1.29 is 0 Å². The Balaban J connectivity index is 2.14. The Kier molecular flexibility index (Phi) is 1.64. The Hall–Kier alpha value is -1.23. The Morgan fingerprint density at radius 1 is 1.64 bits per heavy atom. The normalized spacial score (nSPS) is 10.2. The van der Waals surface area contributed by atoms with Gasteiger partial charge in [-0.15, -0.1) is 16.4 Å². The van der Waals surface area contributed by atoms with Crippen LogP contribution in [0.15, 0.2) is 12.1 Å². The summed E-state index contributed by atoms with van der Waals surface area (Å²) in [6.45, 7) is 0. The molecule has 0 aliphatic rings. The lowest BCUT2D eigenvalue weighted by Crippen LogP contribution is -1.86. The molecule has 2 heterocycles. The zero-order chi connectivity index (χ0) is 7.52. The number of H-pyrrole nitrogens is 1. The number of rotatable bonds is 2. The first-order valence-electron chi connectivity index (χ1n) is 3.12. The molecule has 0 spiro atoms. The number of aromatic nitrogens is 4. The average molecular weight is 165 g/mol. The van der Waals surface area contributed by atoms with E-state index in [1.54, 1.807) is 11.3 Å². The van der Waals surface area contributed by atoms with Gasteiger partial charge >= 0.3 is 0 Å². The van der Waals surface area contributed by atoms with Gasteiger partial charge in [-0.3, -0.25) is 0 Å². The number of hydrogen-bond acceptors (Lipinski definition) is 4. The number of nitrogens with one attached hydrogen (secondary N) is 1. The van der Waals surface area contributed by atoms with Crippen molar-refractivity contribution in [3.63, 3.8) is 0 Å². The van der Waals surface area contributed by atoms with Gasteiger partial charge in [0.15, 0.2) is 5.82 Å². The summed E-state index contributed by atoms with van der Waals surface area (Å²) in [5, 5.41) is 16.4. The van der Waals surface area contributed by atoms with Crippen LogP contribution in [0.4, 0.5) is 0 Å². The third-order valence-electron chi connectivity index (χ3n) is 1.26. The predicted octanol–water partition coefficient (Wildman–Crippen LogP) is 0.652. The van der Waals surface area contributed by atoms with Crippen molar-refractivity contribution in [3.05, 3.63) is 28.2 Å². The van der Waals surface area contributed by atoms with E-state index in [0.717, 1.165) is 12.2 Å². The molecule has 5 heteroatoms. The summed E-state index contributed by atoms with van der Waals surface area (Å²) in [5.74, 6) is 0.792. The van der Waals surface area contributed by atoms with E-state index in [9.17, 15) is 0 Å².